The molecule has 0 atom stereocenters. The summed E-state index contributed by atoms with van der Waals surface area (Å²) in [6.07, 6.45) is 2.76. The zero-order valence-corrected chi connectivity index (χ0v) is 15.6. The number of fused-ring (bicyclic) bond motifs is 1. The smallest absolute Gasteiger partial charge is 0.223 e. The molecule has 0 radical (unpaired) electrons. The molecule has 5 nitrogen and oxygen atoms in total. The Bertz CT molecular complexity index is 896. The summed E-state index contributed by atoms with van der Waals surface area (Å²) in [4.78, 5) is 16.2. The van der Waals surface area contributed by atoms with Crippen molar-refractivity contribution in [1.29, 1.82) is 0 Å². The lowest BCUT2D eigenvalue weighted by Crippen LogP contribution is -2.26. The van der Waals surface area contributed by atoms with Crippen LogP contribution in [0.3, 0.4) is 0 Å². The Morgan fingerprint density at radius 3 is 2.78 bits per heavy atom. The van der Waals surface area contributed by atoms with E-state index >= 15 is 0 Å². The summed E-state index contributed by atoms with van der Waals surface area (Å²) in [5.41, 5.74) is 0.849. The summed E-state index contributed by atoms with van der Waals surface area (Å²) in [6, 6.07) is 16.9. The van der Waals surface area contributed by atoms with Crippen LogP contribution in [0, 0.1) is 0 Å². The van der Waals surface area contributed by atoms with Crippen molar-refractivity contribution in [3.63, 3.8) is 0 Å². The number of carbonyl (C=O) groups is 1. The summed E-state index contributed by atoms with van der Waals surface area (Å²) in [5.74, 6) is 1.37. The minimum atomic E-state index is -0.0520. The van der Waals surface area contributed by atoms with E-state index in [1.165, 1.54) is 0 Å². The van der Waals surface area contributed by atoms with Gasteiger partial charge in [-0.1, -0.05) is 35.9 Å². The van der Waals surface area contributed by atoms with Crippen molar-refractivity contribution < 1.29 is 14.3 Å². The Hall–Kier alpha value is -2.79. The van der Waals surface area contributed by atoms with Crippen LogP contribution in [0.1, 0.15) is 12.8 Å². The Kier molecular flexibility index (Phi) is 6.88. The number of nitrogens with zero attached hydrogens (tertiary/aromatic N) is 1. The number of hydrogen-bond acceptors (Lipinski definition) is 4. The van der Waals surface area contributed by atoms with E-state index in [1.807, 2.05) is 42.5 Å². The fourth-order valence-electron chi connectivity index (χ4n) is 2.58. The van der Waals surface area contributed by atoms with Crippen LogP contribution < -0.4 is 14.8 Å². The molecule has 0 bridgehead atoms. The second-order valence-electron chi connectivity index (χ2n) is 5.94. The zero-order chi connectivity index (χ0) is 18.9. The molecule has 0 spiro atoms. The lowest BCUT2D eigenvalue weighted by atomic mass is 10.2. The predicted molar refractivity (Wildman–Crippen MR) is 106 cm³/mol. The van der Waals surface area contributed by atoms with Crippen LogP contribution in [0.2, 0.25) is 5.02 Å². The number of pyridine rings is 1. The van der Waals surface area contributed by atoms with Gasteiger partial charge in [-0.2, -0.15) is 0 Å². The highest BCUT2D eigenvalue weighted by Crippen LogP contribution is 2.22. The van der Waals surface area contributed by atoms with Crippen LogP contribution in [0.25, 0.3) is 10.9 Å². The summed E-state index contributed by atoms with van der Waals surface area (Å²) in [5, 5.41) is 4.52. The maximum atomic E-state index is 11.8. The number of aromatic nitrogens is 1. The molecule has 1 amide bonds. The highest BCUT2D eigenvalue weighted by atomic mass is 35.5. The molecule has 6 heteroatoms. The highest BCUT2D eigenvalue weighted by molar-refractivity contribution is 6.30. The van der Waals surface area contributed by atoms with E-state index in [-0.39, 0.29) is 5.91 Å². The number of halogens is 1. The maximum Gasteiger partial charge on any atom is 0.223 e. The fourth-order valence-corrected chi connectivity index (χ4v) is 2.76. The molecular formula is C21H21ClN2O3. The predicted octanol–water partition coefficient (Wildman–Crippen LogP) is 4.24. The van der Waals surface area contributed by atoms with E-state index < -0.39 is 0 Å². The van der Waals surface area contributed by atoms with Gasteiger partial charge in [-0.25, -0.2) is 0 Å². The van der Waals surface area contributed by atoms with Crippen molar-refractivity contribution in [3.8, 4) is 11.5 Å². The van der Waals surface area contributed by atoms with Gasteiger partial charge in [0.05, 0.1) is 19.6 Å². The first-order valence-electron chi connectivity index (χ1n) is 8.84. The number of nitrogens with one attached hydrogen (secondary N) is 1. The average Bonchev–Trinajstić information content (AvgIpc) is 2.68. The number of ether oxygens (including phenoxy) is 2. The molecule has 0 saturated carbocycles. The molecule has 2 aromatic carbocycles. The minimum absolute atomic E-state index is 0.0520. The summed E-state index contributed by atoms with van der Waals surface area (Å²) in [6.45, 7) is 1.37. The standard InChI is InChI=1S/C21H21ClN2O3/c22-17-7-2-8-18(15-17)26-14-10-20(25)23-12-4-13-27-19-9-1-5-16-6-3-11-24-21(16)19/h1-3,5-9,11,15H,4,10,12-14H2,(H,23,25). The molecule has 0 aliphatic heterocycles. The number of para-hydroxylation sites is 1. The summed E-state index contributed by atoms with van der Waals surface area (Å²) >= 11 is 5.89. The van der Waals surface area contributed by atoms with E-state index in [0.717, 1.165) is 16.7 Å². The average molecular weight is 385 g/mol. The topological polar surface area (TPSA) is 60.5 Å². The Balaban J connectivity index is 1.32. The fraction of sp³-hybridized carbons (Fsp3) is 0.238. The summed E-state index contributed by atoms with van der Waals surface area (Å²) < 4.78 is 11.3. The molecule has 1 heterocycles. The van der Waals surface area contributed by atoms with Crippen LogP contribution in [0.15, 0.2) is 60.8 Å². The lowest BCUT2D eigenvalue weighted by Gasteiger charge is -2.10. The van der Waals surface area contributed by atoms with E-state index in [9.17, 15) is 4.79 Å². The number of hydrogen-bond donors (Lipinski definition) is 1. The van der Waals surface area contributed by atoms with E-state index in [0.29, 0.717) is 43.4 Å². The van der Waals surface area contributed by atoms with Gasteiger partial charge in [-0.3, -0.25) is 9.78 Å². The first kappa shape index (κ1) is 19.0. The Labute approximate surface area is 163 Å². The van der Waals surface area contributed by atoms with Crippen LogP contribution >= 0.6 is 11.6 Å². The van der Waals surface area contributed by atoms with Crippen molar-refractivity contribution in [2.45, 2.75) is 12.8 Å². The molecule has 0 aliphatic rings. The molecular weight excluding hydrogens is 364 g/mol. The summed E-state index contributed by atoms with van der Waals surface area (Å²) in [7, 11) is 0. The quantitative estimate of drug-likeness (QED) is 0.560. The molecule has 0 fully saturated rings. The largest absolute Gasteiger partial charge is 0.493 e. The third-order valence-electron chi connectivity index (χ3n) is 3.89. The SMILES string of the molecule is O=C(CCOc1cccc(Cl)c1)NCCCOc1cccc2cccnc12. The number of carbonyl (C=O) groups excluding carboxylic acids is 1. The van der Waals surface area contributed by atoms with E-state index in [4.69, 9.17) is 21.1 Å². The van der Waals surface area contributed by atoms with Crippen molar-refractivity contribution in [3.05, 3.63) is 65.8 Å². The molecule has 3 aromatic rings. The van der Waals surface area contributed by atoms with Crippen LogP contribution in [0.4, 0.5) is 0 Å². The Morgan fingerprint density at radius 2 is 1.89 bits per heavy atom. The lowest BCUT2D eigenvalue weighted by molar-refractivity contribution is -0.121. The van der Waals surface area contributed by atoms with E-state index in [2.05, 4.69) is 10.3 Å². The van der Waals surface area contributed by atoms with Gasteiger partial charge in [0.25, 0.3) is 0 Å². The van der Waals surface area contributed by atoms with Crippen LogP contribution in [-0.4, -0.2) is 30.6 Å². The normalized spacial score (nSPS) is 10.6. The monoisotopic (exact) mass is 384 g/mol. The van der Waals surface area contributed by atoms with Gasteiger partial charge in [0.2, 0.25) is 5.91 Å². The molecule has 27 heavy (non-hydrogen) atoms. The molecule has 3 rings (SSSR count). The first-order chi connectivity index (χ1) is 13.2. The van der Waals surface area contributed by atoms with Crippen LogP contribution in [0.5, 0.6) is 11.5 Å². The van der Waals surface area contributed by atoms with Crippen molar-refractivity contribution in [2.75, 3.05) is 19.8 Å². The second-order valence-corrected chi connectivity index (χ2v) is 6.38. The van der Waals surface area contributed by atoms with Crippen molar-refractivity contribution in [2.24, 2.45) is 0 Å². The van der Waals surface area contributed by atoms with Gasteiger partial charge < -0.3 is 14.8 Å². The second kappa shape index (κ2) is 9.78. The number of benzene rings is 2. The molecule has 1 N–H and O–H groups in total. The molecule has 0 aliphatic carbocycles. The maximum absolute atomic E-state index is 11.8. The van der Waals surface area contributed by atoms with Gasteiger partial charge in [-0.15, -0.1) is 0 Å². The van der Waals surface area contributed by atoms with Crippen molar-refractivity contribution in [1.82, 2.24) is 10.3 Å². The number of amides is 1. The minimum Gasteiger partial charge on any atom is -0.493 e. The van der Waals surface area contributed by atoms with Crippen molar-refractivity contribution >= 4 is 28.4 Å². The Morgan fingerprint density at radius 1 is 1.04 bits per heavy atom. The van der Waals surface area contributed by atoms with Gasteiger partial charge in [-0.05, 0) is 36.8 Å². The number of rotatable bonds is 9. The van der Waals surface area contributed by atoms with Gasteiger partial charge in [0.15, 0.2) is 0 Å². The molecule has 0 saturated heterocycles. The van der Waals surface area contributed by atoms with E-state index in [1.54, 1.807) is 18.3 Å². The van der Waals surface area contributed by atoms with Crippen LogP contribution in [-0.2, 0) is 4.79 Å². The molecule has 0 unspecified atom stereocenters. The third kappa shape index (κ3) is 5.86. The van der Waals surface area contributed by atoms with Gasteiger partial charge in [0.1, 0.15) is 17.0 Å². The first-order valence-corrected chi connectivity index (χ1v) is 9.22. The molecule has 140 valence electrons. The third-order valence-corrected chi connectivity index (χ3v) is 4.13. The van der Waals surface area contributed by atoms with Gasteiger partial charge in [0, 0.05) is 23.2 Å². The highest BCUT2D eigenvalue weighted by Gasteiger charge is 2.04. The van der Waals surface area contributed by atoms with Gasteiger partial charge >= 0.3 is 0 Å². The zero-order valence-electron chi connectivity index (χ0n) is 14.9. The molecule has 1 aromatic heterocycles.